The van der Waals surface area contributed by atoms with E-state index in [-0.39, 0.29) is 15.6 Å². The SMILES string of the molecule is O=C(CC1(O)C(=O)C(Cl)=C(Cl)C(Cl)=C1Cl)c1cccc(Cl)c1. The number of ketones is 2. The van der Waals surface area contributed by atoms with Gasteiger partial charge in [-0.3, -0.25) is 9.59 Å². The van der Waals surface area contributed by atoms with Crippen LogP contribution in [0.25, 0.3) is 0 Å². The average molecular weight is 400 g/mol. The molecule has 1 aliphatic carbocycles. The van der Waals surface area contributed by atoms with E-state index in [4.69, 9.17) is 58.0 Å². The van der Waals surface area contributed by atoms with E-state index in [0.717, 1.165) is 0 Å². The number of halogens is 5. The summed E-state index contributed by atoms with van der Waals surface area (Å²) in [6.07, 6.45) is -0.637. The van der Waals surface area contributed by atoms with E-state index in [9.17, 15) is 14.7 Å². The van der Waals surface area contributed by atoms with E-state index >= 15 is 0 Å². The fourth-order valence-corrected chi connectivity index (χ4v) is 3.13. The highest BCUT2D eigenvalue weighted by Crippen LogP contribution is 2.44. The summed E-state index contributed by atoms with van der Waals surface area (Å²) in [7, 11) is 0. The molecule has 0 aliphatic heterocycles. The van der Waals surface area contributed by atoms with Crippen LogP contribution in [0.5, 0.6) is 0 Å². The number of hydrogen-bond donors (Lipinski definition) is 1. The fourth-order valence-electron chi connectivity index (χ4n) is 1.91. The topological polar surface area (TPSA) is 54.4 Å². The molecular weight excluding hydrogens is 393 g/mol. The summed E-state index contributed by atoms with van der Waals surface area (Å²) in [5.74, 6) is -1.53. The van der Waals surface area contributed by atoms with Crippen molar-refractivity contribution < 1.29 is 14.7 Å². The van der Waals surface area contributed by atoms with Gasteiger partial charge in [-0.25, -0.2) is 0 Å². The number of Topliss-reactive ketones (excluding diaryl/α,β-unsaturated/α-hetero) is 2. The Hall–Kier alpha value is -0.550. The summed E-state index contributed by atoms with van der Waals surface area (Å²) >= 11 is 29.1. The lowest BCUT2D eigenvalue weighted by Crippen LogP contribution is -2.44. The molecule has 0 amide bonds. The summed E-state index contributed by atoms with van der Waals surface area (Å²) in [5, 5.41) is 9.40. The maximum Gasteiger partial charge on any atom is 0.213 e. The summed E-state index contributed by atoms with van der Waals surface area (Å²) in [6.45, 7) is 0. The first-order valence-electron chi connectivity index (χ1n) is 5.86. The van der Waals surface area contributed by atoms with Crippen molar-refractivity contribution in [2.75, 3.05) is 0 Å². The molecule has 0 fully saturated rings. The number of rotatable bonds is 3. The zero-order chi connectivity index (χ0) is 16.7. The minimum Gasteiger partial charge on any atom is -0.375 e. The zero-order valence-corrected chi connectivity index (χ0v) is 14.4. The van der Waals surface area contributed by atoms with Gasteiger partial charge in [0.2, 0.25) is 5.78 Å². The van der Waals surface area contributed by atoms with Gasteiger partial charge in [0.05, 0.1) is 21.5 Å². The predicted octanol–water partition coefficient (Wildman–Crippen LogP) is 4.61. The smallest absolute Gasteiger partial charge is 0.213 e. The molecule has 22 heavy (non-hydrogen) atoms. The second-order valence-corrected chi connectivity index (χ2v) is 6.50. The highest BCUT2D eigenvalue weighted by atomic mass is 35.5. The maximum atomic E-state index is 12.3. The van der Waals surface area contributed by atoms with E-state index in [1.165, 1.54) is 12.1 Å². The Kier molecular flexibility index (Phi) is 5.27. The first-order chi connectivity index (χ1) is 10.2. The molecule has 2 rings (SSSR count). The standard InChI is InChI=1S/C14H7Cl5O3/c15-7-3-1-2-6(4-7)8(20)5-14(22)12(19)10(17)9(16)11(18)13(14)21/h1-4,22H,5H2. The van der Waals surface area contributed by atoms with Crippen LogP contribution in [0.1, 0.15) is 16.8 Å². The van der Waals surface area contributed by atoms with Crippen molar-refractivity contribution in [2.45, 2.75) is 12.0 Å². The van der Waals surface area contributed by atoms with E-state index in [0.29, 0.717) is 5.02 Å². The molecule has 1 unspecified atom stereocenters. The number of benzene rings is 1. The third-order valence-corrected chi connectivity index (χ3v) is 5.22. The molecule has 1 atom stereocenters. The molecule has 0 saturated carbocycles. The fraction of sp³-hybridized carbons (Fsp3) is 0.143. The van der Waals surface area contributed by atoms with Crippen molar-refractivity contribution in [2.24, 2.45) is 0 Å². The third-order valence-electron chi connectivity index (χ3n) is 3.08. The average Bonchev–Trinajstić information content (AvgIpc) is 2.49. The monoisotopic (exact) mass is 398 g/mol. The molecule has 0 radical (unpaired) electrons. The van der Waals surface area contributed by atoms with Crippen molar-refractivity contribution in [3.05, 3.63) is 55.0 Å². The molecule has 116 valence electrons. The van der Waals surface area contributed by atoms with Crippen LogP contribution in [0.3, 0.4) is 0 Å². The summed E-state index contributed by atoms with van der Waals surface area (Å²) in [5.41, 5.74) is -2.14. The van der Waals surface area contributed by atoms with Gasteiger partial charge in [0.15, 0.2) is 11.4 Å². The van der Waals surface area contributed by atoms with Crippen LogP contribution in [-0.2, 0) is 4.79 Å². The van der Waals surface area contributed by atoms with Crippen molar-refractivity contribution in [3.63, 3.8) is 0 Å². The third kappa shape index (κ3) is 3.07. The normalized spacial score (nSPS) is 22.4. The van der Waals surface area contributed by atoms with Gasteiger partial charge in [0.1, 0.15) is 5.03 Å². The van der Waals surface area contributed by atoms with Crippen molar-refractivity contribution in [1.82, 2.24) is 0 Å². The zero-order valence-electron chi connectivity index (χ0n) is 10.7. The van der Waals surface area contributed by atoms with Gasteiger partial charge in [-0.15, -0.1) is 0 Å². The van der Waals surface area contributed by atoms with Gasteiger partial charge >= 0.3 is 0 Å². The Labute approximate surface area is 151 Å². The lowest BCUT2D eigenvalue weighted by atomic mass is 9.86. The molecule has 1 aliphatic rings. The lowest BCUT2D eigenvalue weighted by Gasteiger charge is -2.29. The van der Waals surface area contributed by atoms with E-state index < -0.39 is 33.7 Å². The van der Waals surface area contributed by atoms with E-state index in [2.05, 4.69) is 0 Å². The van der Waals surface area contributed by atoms with Crippen molar-refractivity contribution in [1.29, 1.82) is 0 Å². The first-order valence-corrected chi connectivity index (χ1v) is 7.75. The van der Waals surface area contributed by atoms with Crippen LogP contribution < -0.4 is 0 Å². The molecule has 0 aromatic heterocycles. The number of carbonyl (C=O) groups excluding carboxylic acids is 2. The van der Waals surface area contributed by atoms with Crippen LogP contribution in [-0.4, -0.2) is 22.3 Å². The van der Waals surface area contributed by atoms with E-state index in [1.807, 2.05) is 0 Å². The molecule has 0 heterocycles. The van der Waals surface area contributed by atoms with Crippen LogP contribution in [0.4, 0.5) is 0 Å². The summed E-state index contributed by atoms with van der Waals surface area (Å²) in [4.78, 5) is 24.4. The van der Waals surface area contributed by atoms with Gasteiger partial charge in [0, 0.05) is 10.6 Å². The Balaban J connectivity index is 2.40. The first kappa shape index (κ1) is 17.8. The Morgan fingerprint density at radius 2 is 1.68 bits per heavy atom. The van der Waals surface area contributed by atoms with Crippen LogP contribution in [0.2, 0.25) is 5.02 Å². The Morgan fingerprint density at radius 3 is 2.27 bits per heavy atom. The molecule has 1 aromatic rings. The van der Waals surface area contributed by atoms with Crippen molar-refractivity contribution in [3.8, 4) is 0 Å². The second-order valence-electron chi connectivity index (χ2n) is 4.56. The molecule has 0 bridgehead atoms. The number of carbonyl (C=O) groups is 2. The molecule has 8 heteroatoms. The minimum absolute atomic E-state index is 0.214. The number of hydrogen-bond acceptors (Lipinski definition) is 3. The van der Waals surface area contributed by atoms with Crippen LogP contribution in [0, 0.1) is 0 Å². The van der Waals surface area contributed by atoms with Crippen molar-refractivity contribution >= 4 is 69.6 Å². The van der Waals surface area contributed by atoms with Gasteiger partial charge in [-0.2, -0.15) is 0 Å². The molecule has 3 nitrogen and oxygen atoms in total. The Bertz CT molecular complexity index is 738. The van der Waals surface area contributed by atoms with Gasteiger partial charge < -0.3 is 5.11 Å². The highest BCUT2D eigenvalue weighted by Gasteiger charge is 2.48. The molecule has 0 saturated heterocycles. The predicted molar refractivity (Wildman–Crippen MR) is 87.8 cm³/mol. The number of allylic oxidation sites excluding steroid dienone is 2. The second kappa shape index (κ2) is 6.52. The lowest BCUT2D eigenvalue weighted by molar-refractivity contribution is -0.128. The highest BCUT2D eigenvalue weighted by molar-refractivity contribution is 6.58. The molecule has 1 aromatic carbocycles. The van der Waals surface area contributed by atoms with Gasteiger partial charge in [-0.05, 0) is 12.1 Å². The maximum absolute atomic E-state index is 12.3. The molecule has 1 N–H and O–H groups in total. The van der Waals surface area contributed by atoms with Gasteiger partial charge in [-0.1, -0.05) is 70.1 Å². The molecule has 0 spiro atoms. The minimum atomic E-state index is -2.35. The summed E-state index contributed by atoms with van der Waals surface area (Å²) in [6, 6.07) is 6.05. The summed E-state index contributed by atoms with van der Waals surface area (Å²) < 4.78 is 0. The Morgan fingerprint density at radius 1 is 1.05 bits per heavy atom. The van der Waals surface area contributed by atoms with Crippen LogP contribution in [0.15, 0.2) is 44.4 Å². The van der Waals surface area contributed by atoms with Gasteiger partial charge in [0.25, 0.3) is 0 Å². The quantitative estimate of drug-likeness (QED) is 0.754. The number of aliphatic hydroxyl groups is 1. The molecular formula is C14H7Cl5O3. The largest absolute Gasteiger partial charge is 0.375 e. The van der Waals surface area contributed by atoms with Crippen LogP contribution >= 0.6 is 58.0 Å². The van der Waals surface area contributed by atoms with E-state index in [1.54, 1.807) is 12.1 Å².